The second-order valence-electron chi connectivity index (χ2n) is 6.12. The molecule has 1 heterocycles. The van der Waals surface area contributed by atoms with Crippen LogP contribution in [0.1, 0.15) is 12.0 Å². The summed E-state index contributed by atoms with van der Waals surface area (Å²) in [5.74, 6) is 0. The smallest absolute Gasteiger partial charge is 0.240 e. The largest absolute Gasteiger partial charge is 0.340 e. The summed E-state index contributed by atoms with van der Waals surface area (Å²) in [6.07, 6.45) is 0.568. The topological polar surface area (TPSA) is 73.2 Å². The monoisotopic (exact) mass is 431 g/mol. The van der Waals surface area contributed by atoms with Crippen LogP contribution in [-0.2, 0) is 10.0 Å². The summed E-state index contributed by atoms with van der Waals surface area (Å²) in [4.78, 5) is 4.04. The molecule has 0 atom stereocenters. The first-order valence-electron chi connectivity index (χ1n) is 8.45. The van der Waals surface area contributed by atoms with Crippen molar-refractivity contribution in [1.82, 2.24) is 4.72 Å². The van der Waals surface area contributed by atoms with Crippen LogP contribution in [0.3, 0.4) is 0 Å². The number of fused-ring (bicyclic) bond motifs is 1. The number of nitrogens with zero attached hydrogens (tertiary/aromatic N) is 2. The average Bonchev–Trinajstić information content (AvgIpc) is 2.68. The first-order chi connectivity index (χ1) is 13.3. The Bertz CT molecular complexity index is 1070. The lowest BCUT2D eigenvalue weighted by Crippen LogP contribution is -2.31. The van der Waals surface area contributed by atoms with Crippen molar-refractivity contribution in [2.24, 2.45) is 0 Å². The molecule has 1 aliphatic heterocycles. The fourth-order valence-corrected chi connectivity index (χ4v) is 4.91. The van der Waals surface area contributed by atoms with Crippen LogP contribution in [0.15, 0.2) is 76.0 Å². The first-order valence-corrected chi connectivity index (χ1v) is 11.1. The Labute approximate surface area is 174 Å². The van der Waals surface area contributed by atoms with E-state index in [0.717, 1.165) is 21.2 Å². The van der Waals surface area contributed by atoms with E-state index in [1.165, 1.54) is 24.3 Å². The molecule has 0 unspecified atom stereocenters. The van der Waals surface area contributed by atoms with E-state index in [2.05, 4.69) is 17.9 Å². The van der Waals surface area contributed by atoms with Gasteiger partial charge in [-0.25, -0.2) is 13.1 Å². The Kier molecular flexibility index (Phi) is 6.16. The number of nitrogens with one attached hydrogen (secondary N) is 1. The van der Waals surface area contributed by atoms with Crippen molar-refractivity contribution in [2.45, 2.75) is 16.2 Å². The molecule has 3 rings (SSSR count). The second kappa shape index (κ2) is 8.41. The van der Waals surface area contributed by atoms with Crippen molar-refractivity contribution in [1.29, 1.82) is 5.26 Å². The van der Waals surface area contributed by atoms with E-state index in [0.29, 0.717) is 23.6 Å². The molecule has 0 amide bonds. The number of rotatable bonds is 6. The molecule has 0 fully saturated rings. The van der Waals surface area contributed by atoms with Crippen molar-refractivity contribution in [3.05, 3.63) is 76.8 Å². The highest BCUT2D eigenvalue weighted by Crippen LogP contribution is 2.45. The number of nitriles is 1. The highest BCUT2D eigenvalue weighted by Gasteiger charge is 2.23. The maximum Gasteiger partial charge on any atom is 0.240 e. The lowest BCUT2D eigenvalue weighted by molar-refractivity contribution is 0.579. The molecule has 1 aliphatic rings. The molecule has 2 aromatic carbocycles. The van der Waals surface area contributed by atoms with E-state index in [4.69, 9.17) is 16.9 Å². The predicted octanol–water partition coefficient (Wildman–Crippen LogP) is 4.52. The highest BCUT2D eigenvalue weighted by molar-refractivity contribution is 8.03. The number of anilines is 1. The molecule has 8 heteroatoms. The van der Waals surface area contributed by atoms with Crippen molar-refractivity contribution in [3.8, 4) is 6.07 Å². The Morgan fingerprint density at radius 1 is 1.18 bits per heavy atom. The van der Waals surface area contributed by atoms with Crippen LogP contribution >= 0.6 is 23.4 Å². The third-order valence-corrected chi connectivity index (χ3v) is 7.00. The molecule has 0 bridgehead atoms. The van der Waals surface area contributed by atoms with Gasteiger partial charge >= 0.3 is 0 Å². The van der Waals surface area contributed by atoms with Gasteiger partial charge in [-0.3, -0.25) is 0 Å². The normalized spacial score (nSPS) is 13.9. The summed E-state index contributed by atoms with van der Waals surface area (Å²) in [7, 11) is -3.62. The number of halogens is 1. The maximum atomic E-state index is 12.4. The maximum absolute atomic E-state index is 12.4. The van der Waals surface area contributed by atoms with Crippen LogP contribution < -0.4 is 9.62 Å². The number of hydrogen-bond acceptors (Lipinski definition) is 5. The van der Waals surface area contributed by atoms with Gasteiger partial charge in [0.2, 0.25) is 10.0 Å². The van der Waals surface area contributed by atoms with E-state index in [9.17, 15) is 8.42 Å². The standard InChI is InChI=1S/C20H18ClN3O2S2/c1-14-15(2)27-20-9-6-17(21)12-19(20)24(14)11-3-10-23-28(25,26)18-7-4-16(13-22)5-8-18/h4-9,12,23H,1-3,10-11H2. The van der Waals surface area contributed by atoms with Gasteiger partial charge in [-0.15, -0.1) is 0 Å². The zero-order valence-electron chi connectivity index (χ0n) is 15.0. The Morgan fingerprint density at radius 3 is 2.57 bits per heavy atom. The van der Waals surface area contributed by atoms with Gasteiger partial charge in [0, 0.05) is 33.6 Å². The molecular weight excluding hydrogens is 414 g/mol. The summed E-state index contributed by atoms with van der Waals surface area (Å²) in [5.41, 5.74) is 2.15. The molecular formula is C20H18ClN3O2S2. The van der Waals surface area contributed by atoms with Crippen LogP contribution in [0.5, 0.6) is 0 Å². The molecule has 0 aliphatic carbocycles. The number of sulfonamides is 1. The van der Waals surface area contributed by atoms with Crippen LogP contribution in [0, 0.1) is 11.3 Å². The lowest BCUT2D eigenvalue weighted by atomic mass is 10.2. The Hall–Kier alpha value is -2.24. The Morgan fingerprint density at radius 2 is 1.89 bits per heavy atom. The van der Waals surface area contributed by atoms with Gasteiger partial charge in [0.15, 0.2) is 0 Å². The fourth-order valence-electron chi connectivity index (χ4n) is 2.77. The van der Waals surface area contributed by atoms with Crippen molar-refractivity contribution >= 4 is 39.1 Å². The molecule has 0 saturated carbocycles. The SMILES string of the molecule is C=C1Sc2ccc(Cl)cc2N(CCCNS(=O)(=O)c2ccc(C#N)cc2)C1=C. The molecule has 0 saturated heterocycles. The third kappa shape index (κ3) is 4.42. The summed E-state index contributed by atoms with van der Waals surface area (Å²) in [6.45, 7) is 8.97. The molecule has 0 spiro atoms. The summed E-state index contributed by atoms with van der Waals surface area (Å²) >= 11 is 7.68. The lowest BCUT2D eigenvalue weighted by Gasteiger charge is -2.34. The highest BCUT2D eigenvalue weighted by atomic mass is 35.5. The van der Waals surface area contributed by atoms with E-state index >= 15 is 0 Å². The minimum absolute atomic E-state index is 0.135. The van der Waals surface area contributed by atoms with Gasteiger partial charge in [0.05, 0.1) is 22.2 Å². The molecule has 28 heavy (non-hydrogen) atoms. The van der Waals surface area contributed by atoms with Gasteiger partial charge in [-0.05, 0) is 48.9 Å². The summed E-state index contributed by atoms with van der Waals surface area (Å²) in [6, 6.07) is 13.4. The zero-order chi connectivity index (χ0) is 20.3. The van der Waals surface area contributed by atoms with Crippen molar-refractivity contribution in [3.63, 3.8) is 0 Å². The van der Waals surface area contributed by atoms with Crippen LogP contribution in [0.2, 0.25) is 5.02 Å². The molecule has 144 valence electrons. The van der Waals surface area contributed by atoms with Gasteiger partial charge in [0.1, 0.15) is 0 Å². The van der Waals surface area contributed by atoms with Crippen molar-refractivity contribution in [2.75, 3.05) is 18.0 Å². The minimum atomic E-state index is -3.62. The molecule has 0 radical (unpaired) electrons. The second-order valence-corrected chi connectivity index (χ2v) is 9.46. The summed E-state index contributed by atoms with van der Waals surface area (Å²) in [5, 5.41) is 9.44. The van der Waals surface area contributed by atoms with Crippen LogP contribution in [-0.4, -0.2) is 21.5 Å². The Balaban J connectivity index is 1.64. The van der Waals surface area contributed by atoms with Gasteiger partial charge < -0.3 is 4.90 Å². The van der Waals surface area contributed by atoms with Crippen LogP contribution in [0.4, 0.5) is 5.69 Å². The molecule has 2 aromatic rings. The van der Waals surface area contributed by atoms with Crippen LogP contribution in [0.25, 0.3) is 0 Å². The van der Waals surface area contributed by atoms with E-state index in [-0.39, 0.29) is 11.4 Å². The number of hydrogen-bond donors (Lipinski definition) is 1. The zero-order valence-corrected chi connectivity index (χ0v) is 17.4. The fraction of sp³-hybridized carbons (Fsp3) is 0.150. The van der Waals surface area contributed by atoms with Gasteiger partial charge in [-0.1, -0.05) is 36.5 Å². The van der Waals surface area contributed by atoms with Crippen molar-refractivity contribution < 1.29 is 8.42 Å². The summed E-state index contributed by atoms with van der Waals surface area (Å²) < 4.78 is 27.4. The number of thioether (sulfide) groups is 1. The van der Waals surface area contributed by atoms with E-state index in [1.54, 1.807) is 11.8 Å². The van der Waals surface area contributed by atoms with E-state index in [1.807, 2.05) is 29.2 Å². The van der Waals surface area contributed by atoms with E-state index < -0.39 is 10.0 Å². The van der Waals surface area contributed by atoms with Gasteiger partial charge in [0.25, 0.3) is 0 Å². The molecule has 1 N–H and O–H groups in total. The average molecular weight is 432 g/mol. The minimum Gasteiger partial charge on any atom is -0.340 e. The van der Waals surface area contributed by atoms with Gasteiger partial charge in [-0.2, -0.15) is 5.26 Å². The first kappa shape index (κ1) is 20.5. The molecule has 0 aromatic heterocycles. The quantitative estimate of drug-likeness (QED) is 0.680. The predicted molar refractivity (Wildman–Crippen MR) is 114 cm³/mol. The third-order valence-electron chi connectivity index (χ3n) is 4.24. The molecule has 5 nitrogen and oxygen atoms in total. The number of benzene rings is 2.